The second-order valence-electron chi connectivity index (χ2n) is 8.97. The van der Waals surface area contributed by atoms with E-state index in [0.29, 0.717) is 6.04 Å². The van der Waals surface area contributed by atoms with Crippen molar-refractivity contribution < 1.29 is 9.13 Å². The number of nitrogens with zero attached hydrogens (tertiary/aromatic N) is 4. The zero-order valence-corrected chi connectivity index (χ0v) is 18.4. The average molecular weight is 413 g/mol. The van der Waals surface area contributed by atoms with Gasteiger partial charge in [0, 0.05) is 43.6 Å². The van der Waals surface area contributed by atoms with E-state index in [1.54, 1.807) is 18.3 Å². The van der Waals surface area contributed by atoms with Gasteiger partial charge in [0.2, 0.25) is 0 Å². The molecule has 3 heterocycles. The minimum absolute atomic E-state index is 0.120. The van der Waals surface area contributed by atoms with Gasteiger partial charge in [-0.3, -0.25) is 14.8 Å². The molecule has 0 atom stereocenters. The predicted octanol–water partition coefficient (Wildman–Crippen LogP) is 3.88. The van der Waals surface area contributed by atoms with Gasteiger partial charge in [0.25, 0.3) is 0 Å². The summed E-state index contributed by atoms with van der Waals surface area (Å²) in [4.78, 5) is 11.7. The van der Waals surface area contributed by atoms with E-state index < -0.39 is 0 Å². The molecule has 0 amide bonds. The van der Waals surface area contributed by atoms with E-state index in [1.807, 2.05) is 32.2 Å². The molecule has 0 saturated carbocycles. The Morgan fingerprint density at radius 3 is 2.70 bits per heavy atom. The molecular weight excluding hydrogens is 379 g/mol. The molecule has 1 saturated heterocycles. The molecule has 6 heteroatoms. The fraction of sp³-hybridized carbons (Fsp3) is 0.542. The molecule has 0 bridgehead atoms. The average Bonchev–Trinajstić information content (AvgIpc) is 2.88. The van der Waals surface area contributed by atoms with E-state index >= 15 is 0 Å². The summed E-state index contributed by atoms with van der Waals surface area (Å²) < 4.78 is 20.0. The Morgan fingerprint density at radius 2 is 1.93 bits per heavy atom. The lowest BCUT2D eigenvalue weighted by Gasteiger charge is -2.38. The highest BCUT2D eigenvalue weighted by molar-refractivity contribution is 5.32. The zero-order chi connectivity index (χ0) is 21.1. The maximum absolute atomic E-state index is 14.0. The summed E-state index contributed by atoms with van der Waals surface area (Å²) in [6.07, 6.45) is 6.13. The Morgan fingerprint density at radius 1 is 1.13 bits per heavy atom. The van der Waals surface area contributed by atoms with Crippen LogP contribution in [0.25, 0.3) is 0 Å². The highest BCUT2D eigenvalue weighted by Crippen LogP contribution is 2.28. The Hall–Kier alpha value is -2.02. The maximum atomic E-state index is 14.0. The van der Waals surface area contributed by atoms with Crippen molar-refractivity contribution in [1.82, 2.24) is 19.7 Å². The summed E-state index contributed by atoms with van der Waals surface area (Å²) in [6, 6.07) is 7.73. The number of hydrogen-bond acceptors (Lipinski definition) is 5. The summed E-state index contributed by atoms with van der Waals surface area (Å²) in [5.74, 6) is 0.750. The number of hydrogen-bond donors (Lipinski definition) is 0. The van der Waals surface area contributed by atoms with E-state index in [4.69, 9.17) is 4.74 Å². The molecule has 1 aromatic carbocycles. The van der Waals surface area contributed by atoms with Gasteiger partial charge < -0.3 is 9.64 Å². The topological polar surface area (TPSA) is 31.8 Å². The quantitative estimate of drug-likeness (QED) is 0.744. The standard InChI is InChI=1S/C24H33FN4O/c1-18(2)30-24-6-9-26-13-21(24)15-28-14-19-4-5-22(25)12-20(19)16-29(17-28)23-7-10-27(3)11-8-23/h4-6,9,12-13,18,23H,7-8,10-11,14-17H2,1-3H3. The third-order valence-corrected chi connectivity index (χ3v) is 6.14. The van der Waals surface area contributed by atoms with Crippen LogP contribution in [0.15, 0.2) is 36.7 Å². The van der Waals surface area contributed by atoms with Crippen molar-refractivity contribution in [2.45, 2.75) is 58.5 Å². The van der Waals surface area contributed by atoms with Crippen LogP contribution in [0, 0.1) is 5.82 Å². The lowest BCUT2D eigenvalue weighted by atomic mass is 10.0. The van der Waals surface area contributed by atoms with Crippen LogP contribution >= 0.6 is 0 Å². The second-order valence-corrected chi connectivity index (χ2v) is 8.97. The maximum Gasteiger partial charge on any atom is 0.127 e. The van der Waals surface area contributed by atoms with Crippen LogP contribution < -0.4 is 4.74 Å². The minimum Gasteiger partial charge on any atom is -0.491 e. The molecule has 0 unspecified atom stereocenters. The van der Waals surface area contributed by atoms with E-state index in [9.17, 15) is 4.39 Å². The summed E-state index contributed by atoms with van der Waals surface area (Å²) in [5, 5.41) is 0. The van der Waals surface area contributed by atoms with E-state index in [0.717, 1.165) is 69.1 Å². The van der Waals surface area contributed by atoms with E-state index in [2.05, 4.69) is 26.7 Å². The van der Waals surface area contributed by atoms with Crippen molar-refractivity contribution >= 4 is 0 Å². The molecule has 4 rings (SSSR count). The summed E-state index contributed by atoms with van der Waals surface area (Å²) in [7, 11) is 2.19. The number of likely N-dealkylation sites (tertiary alicyclic amines) is 1. The molecule has 1 fully saturated rings. The molecule has 5 nitrogen and oxygen atoms in total. The normalized spacial score (nSPS) is 19.6. The van der Waals surface area contributed by atoms with Crippen LogP contribution in [0.2, 0.25) is 0 Å². The van der Waals surface area contributed by atoms with Crippen LogP contribution in [0.1, 0.15) is 43.4 Å². The van der Waals surface area contributed by atoms with Crippen LogP contribution in [0.4, 0.5) is 4.39 Å². The predicted molar refractivity (Wildman–Crippen MR) is 117 cm³/mol. The number of ether oxygens (including phenoxy) is 1. The van der Waals surface area contributed by atoms with Gasteiger partial charge in [0.05, 0.1) is 12.8 Å². The first-order valence-electron chi connectivity index (χ1n) is 11.0. The first-order chi connectivity index (χ1) is 14.5. The van der Waals surface area contributed by atoms with Crippen molar-refractivity contribution in [3.8, 4) is 5.75 Å². The van der Waals surface area contributed by atoms with Gasteiger partial charge in [-0.05, 0) is 76.2 Å². The number of benzene rings is 1. The molecule has 1 aromatic heterocycles. The number of fused-ring (bicyclic) bond motifs is 1. The minimum atomic E-state index is -0.148. The Labute approximate surface area is 179 Å². The monoisotopic (exact) mass is 412 g/mol. The molecule has 0 spiro atoms. The highest BCUT2D eigenvalue weighted by atomic mass is 19.1. The summed E-state index contributed by atoms with van der Waals surface area (Å²) >= 11 is 0. The van der Waals surface area contributed by atoms with Crippen LogP contribution in [-0.2, 0) is 19.6 Å². The lowest BCUT2D eigenvalue weighted by molar-refractivity contribution is 0.0534. The Kier molecular flexibility index (Phi) is 6.66. The summed E-state index contributed by atoms with van der Waals surface area (Å²) in [6.45, 7) is 9.55. The SMILES string of the molecule is CC(C)Oc1ccncc1CN1Cc2ccc(F)cc2CN(C2CCN(C)CC2)C1. The fourth-order valence-electron chi connectivity index (χ4n) is 4.57. The van der Waals surface area contributed by atoms with Gasteiger partial charge in [-0.1, -0.05) is 6.07 Å². The third kappa shape index (κ3) is 5.17. The first kappa shape index (κ1) is 21.2. The van der Waals surface area contributed by atoms with Crippen LogP contribution in [-0.4, -0.2) is 58.6 Å². The Bertz CT molecular complexity index is 851. The van der Waals surface area contributed by atoms with E-state index in [1.165, 1.54) is 5.56 Å². The van der Waals surface area contributed by atoms with Crippen molar-refractivity contribution in [3.05, 3.63) is 59.2 Å². The molecule has 30 heavy (non-hydrogen) atoms. The van der Waals surface area contributed by atoms with E-state index in [-0.39, 0.29) is 11.9 Å². The van der Waals surface area contributed by atoms with Gasteiger partial charge in [-0.2, -0.15) is 0 Å². The van der Waals surface area contributed by atoms with Crippen LogP contribution in [0.5, 0.6) is 5.75 Å². The number of halogens is 1. The lowest BCUT2D eigenvalue weighted by Crippen LogP contribution is -2.46. The summed E-state index contributed by atoms with van der Waals surface area (Å²) in [5.41, 5.74) is 3.42. The van der Waals surface area contributed by atoms with Gasteiger partial charge in [0.15, 0.2) is 0 Å². The van der Waals surface area contributed by atoms with Crippen LogP contribution in [0.3, 0.4) is 0 Å². The van der Waals surface area contributed by atoms with Gasteiger partial charge in [-0.25, -0.2) is 4.39 Å². The molecule has 0 N–H and O–H groups in total. The van der Waals surface area contributed by atoms with Gasteiger partial charge in [0.1, 0.15) is 11.6 Å². The highest BCUT2D eigenvalue weighted by Gasteiger charge is 2.28. The fourth-order valence-corrected chi connectivity index (χ4v) is 4.57. The van der Waals surface area contributed by atoms with Gasteiger partial charge in [-0.15, -0.1) is 0 Å². The van der Waals surface area contributed by atoms with Crippen molar-refractivity contribution in [2.75, 3.05) is 26.8 Å². The van der Waals surface area contributed by atoms with Crippen molar-refractivity contribution in [3.63, 3.8) is 0 Å². The number of piperidine rings is 1. The molecule has 0 aliphatic carbocycles. The number of rotatable bonds is 5. The largest absolute Gasteiger partial charge is 0.491 e. The molecule has 162 valence electrons. The van der Waals surface area contributed by atoms with Gasteiger partial charge >= 0.3 is 0 Å². The Balaban J connectivity index is 1.58. The smallest absolute Gasteiger partial charge is 0.127 e. The number of aromatic nitrogens is 1. The zero-order valence-electron chi connectivity index (χ0n) is 18.4. The molecule has 2 aliphatic heterocycles. The number of pyridine rings is 1. The van der Waals surface area contributed by atoms with Crippen molar-refractivity contribution in [2.24, 2.45) is 0 Å². The second kappa shape index (κ2) is 9.41. The molecule has 2 aromatic rings. The molecule has 0 radical (unpaired) electrons. The van der Waals surface area contributed by atoms with Crippen molar-refractivity contribution in [1.29, 1.82) is 0 Å². The molecule has 2 aliphatic rings. The first-order valence-corrected chi connectivity index (χ1v) is 11.0. The molecular formula is C24H33FN4O. The third-order valence-electron chi connectivity index (χ3n) is 6.14.